The molecule has 1 nitrogen and oxygen atoms in total. The third-order valence-electron chi connectivity index (χ3n) is 2.59. The van der Waals surface area contributed by atoms with E-state index >= 15 is 0 Å². The molecular formula is C15H15Br2NS. The largest absolute Gasteiger partial charge is 0.328 e. The quantitative estimate of drug-likeness (QED) is 0.757. The Balaban J connectivity index is 2.28. The fraction of sp³-hybridized carbons (Fsp3) is 0.200. The normalized spacial score (nSPS) is 12.4. The van der Waals surface area contributed by atoms with E-state index in [0.717, 1.165) is 15.4 Å². The standard InChI is InChI=1S/C15H15Br2NS/c1-10(18)7-11-8-13(17)5-6-15(11)19-14-4-2-3-12(16)9-14/h2-6,8-10H,7,18H2,1H3. The summed E-state index contributed by atoms with van der Waals surface area (Å²) in [6, 6.07) is 14.9. The molecule has 0 fully saturated rings. The average molecular weight is 401 g/mol. The van der Waals surface area contributed by atoms with Crippen molar-refractivity contribution in [1.82, 2.24) is 0 Å². The van der Waals surface area contributed by atoms with E-state index in [0.29, 0.717) is 0 Å². The number of hydrogen-bond donors (Lipinski definition) is 1. The lowest BCUT2D eigenvalue weighted by atomic mass is 10.1. The Hall–Kier alpha value is -0.290. The van der Waals surface area contributed by atoms with Crippen molar-refractivity contribution >= 4 is 43.6 Å². The summed E-state index contributed by atoms with van der Waals surface area (Å²) in [4.78, 5) is 2.49. The molecule has 0 heterocycles. The SMILES string of the molecule is CC(N)Cc1cc(Br)ccc1Sc1cccc(Br)c1. The summed E-state index contributed by atoms with van der Waals surface area (Å²) in [5.41, 5.74) is 7.22. The van der Waals surface area contributed by atoms with Crippen molar-refractivity contribution < 1.29 is 0 Å². The molecule has 0 saturated carbocycles. The maximum absolute atomic E-state index is 5.93. The molecule has 19 heavy (non-hydrogen) atoms. The van der Waals surface area contributed by atoms with Crippen LogP contribution in [-0.4, -0.2) is 6.04 Å². The monoisotopic (exact) mass is 399 g/mol. The smallest absolute Gasteiger partial charge is 0.0186 e. The van der Waals surface area contributed by atoms with Crippen LogP contribution in [0.25, 0.3) is 0 Å². The van der Waals surface area contributed by atoms with Gasteiger partial charge in [-0.2, -0.15) is 0 Å². The van der Waals surface area contributed by atoms with Crippen molar-refractivity contribution in [3.05, 3.63) is 57.0 Å². The molecule has 0 aliphatic carbocycles. The van der Waals surface area contributed by atoms with E-state index in [1.165, 1.54) is 15.4 Å². The molecule has 2 N–H and O–H groups in total. The summed E-state index contributed by atoms with van der Waals surface area (Å²) >= 11 is 8.80. The molecule has 1 atom stereocenters. The van der Waals surface area contributed by atoms with Crippen LogP contribution in [0.4, 0.5) is 0 Å². The second kappa shape index (κ2) is 6.93. The zero-order valence-electron chi connectivity index (χ0n) is 10.6. The van der Waals surface area contributed by atoms with Crippen LogP contribution in [0.2, 0.25) is 0 Å². The summed E-state index contributed by atoms with van der Waals surface area (Å²) in [5.74, 6) is 0. The Morgan fingerprint density at radius 2 is 1.84 bits per heavy atom. The second-order valence-electron chi connectivity index (χ2n) is 4.49. The van der Waals surface area contributed by atoms with Gasteiger partial charge in [-0.1, -0.05) is 49.7 Å². The van der Waals surface area contributed by atoms with Crippen molar-refractivity contribution in [2.75, 3.05) is 0 Å². The van der Waals surface area contributed by atoms with Gasteiger partial charge in [-0.25, -0.2) is 0 Å². The van der Waals surface area contributed by atoms with Crippen molar-refractivity contribution in [1.29, 1.82) is 0 Å². The lowest BCUT2D eigenvalue weighted by Crippen LogP contribution is -2.18. The van der Waals surface area contributed by atoms with Gasteiger partial charge in [0, 0.05) is 24.8 Å². The van der Waals surface area contributed by atoms with Crippen LogP contribution in [-0.2, 0) is 6.42 Å². The summed E-state index contributed by atoms with van der Waals surface area (Å²) < 4.78 is 2.20. The summed E-state index contributed by atoms with van der Waals surface area (Å²) in [7, 11) is 0. The van der Waals surface area contributed by atoms with Gasteiger partial charge in [0.2, 0.25) is 0 Å². The maximum Gasteiger partial charge on any atom is 0.0186 e. The van der Waals surface area contributed by atoms with Crippen LogP contribution in [0.3, 0.4) is 0 Å². The number of nitrogens with two attached hydrogens (primary N) is 1. The van der Waals surface area contributed by atoms with E-state index in [4.69, 9.17) is 5.73 Å². The molecule has 1 unspecified atom stereocenters. The predicted molar refractivity (Wildman–Crippen MR) is 89.8 cm³/mol. The summed E-state index contributed by atoms with van der Waals surface area (Å²) in [6.07, 6.45) is 0.885. The van der Waals surface area contributed by atoms with E-state index < -0.39 is 0 Å². The zero-order valence-corrected chi connectivity index (χ0v) is 14.6. The predicted octanol–water partition coefficient (Wildman–Crippen LogP) is 5.25. The van der Waals surface area contributed by atoms with Crippen molar-refractivity contribution in [3.63, 3.8) is 0 Å². The summed E-state index contributed by atoms with van der Waals surface area (Å²) in [5, 5.41) is 0. The van der Waals surface area contributed by atoms with Gasteiger partial charge in [-0.05, 0) is 55.3 Å². The highest BCUT2D eigenvalue weighted by atomic mass is 79.9. The van der Waals surface area contributed by atoms with Crippen LogP contribution in [0, 0.1) is 0 Å². The molecule has 0 spiro atoms. The van der Waals surface area contributed by atoms with Crippen molar-refractivity contribution in [2.24, 2.45) is 5.73 Å². The molecule has 0 amide bonds. The molecule has 0 radical (unpaired) electrons. The molecule has 100 valence electrons. The summed E-state index contributed by atoms with van der Waals surface area (Å²) in [6.45, 7) is 2.04. The first-order valence-electron chi connectivity index (χ1n) is 6.02. The van der Waals surface area contributed by atoms with Gasteiger partial charge in [0.05, 0.1) is 0 Å². The van der Waals surface area contributed by atoms with Gasteiger partial charge in [0.15, 0.2) is 0 Å². The van der Waals surface area contributed by atoms with Gasteiger partial charge in [0.25, 0.3) is 0 Å². The number of hydrogen-bond acceptors (Lipinski definition) is 2. The highest BCUT2D eigenvalue weighted by molar-refractivity contribution is 9.10. The van der Waals surface area contributed by atoms with E-state index in [1.54, 1.807) is 11.8 Å². The molecule has 0 bridgehead atoms. The van der Waals surface area contributed by atoms with Gasteiger partial charge in [-0.15, -0.1) is 0 Å². The zero-order chi connectivity index (χ0) is 13.8. The Morgan fingerprint density at radius 3 is 2.53 bits per heavy atom. The molecule has 0 aliphatic heterocycles. The number of halogens is 2. The molecule has 0 aliphatic rings. The first-order valence-corrected chi connectivity index (χ1v) is 8.42. The lowest BCUT2D eigenvalue weighted by molar-refractivity contribution is 0.729. The minimum atomic E-state index is 0.163. The minimum absolute atomic E-state index is 0.163. The number of benzene rings is 2. The fourth-order valence-electron chi connectivity index (χ4n) is 1.81. The van der Waals surface area contributed by atoms with E-state index in [9.17, 15) is 0 Å². The molecule has 0 saturated heterocycles. The van der Waals surface area contributed by atoms with Gasteiger partial charge in [-0.3, -0.25) is 0 Å². The minimum Gasteiger partial charge on any atom is -0.328 e. The Labute approximate surface area is 135 Å². The third kappa shape index (κ3) is 4.63. The van der Waals surface area contributed by atoms with Crippen molar-refractivity contribution in [2.45, 2.75) is 29.2 Å². The Kier molecular flexibility index (Phi) is 5.51. The van der Waals surface area contributed by atoms with Gasteiger partial charge in [0.1, 0.15) is 0 Å². The molecular weight excluding hydrogens is 386 g/mol. The first-order chi connectivity index (χ1) is 9.04. The Morgan fingerprint density at radius 1 is 1.11 bits per heavy atom. The molecule has 2 rings (SSSR count). The van der Waals surface area contributed by atoms with Crippen LogP contribution in [0.5, 0.6) is 0 Å². The highest BCUT2D eigenvalue weighted by Gasteiger charge is 2.08. The van der Waals surface area contributed by atoms with Crippen LogP contribution in [0.1, 0.15) is 12.5 Å². The Bertz CT molecular complexity index is 570. The molecule has 0 aromatic heterocycles. The first kappa shape index (κ1) is 15.1. The number of rotatable bonds is 4. The average Bonchev–Trinajstić information content (AvgIpc) is 2.32. The van der Waals surface area contributed by atoms with Crippen LogP contribution < -0.4 is 5.73 Å². The highest BCUT2D eigenvalue weighted by Crippen LogP contribution is 2.33. The van der Waals surface area contributed by atoms with E-state index in [1.807, 2.05) is 13.0 Å². The van der Waals surface area contributed by atoms with E-state index in [2.05, 4.69) is 68.3 Å². The molecule has 2 aromatic rings. The van der Waals surface area contributed by atoms with Crippen molar-refractivity contribution in [3.8, 4) is 0 Å². The molecule has 2 aromatic carbocycles. The van der Waals surface area contributed by atoms with Crippen LogP contribution >= 0.6 is 43.6 Å². The fourth-order valence-corrected chi connectivity index (χ4v) is 3.77. The van der Waals surface area contributed by atoms with Crippen LogP contribution in [0.15, 0.2) is 61.2 Å². The van der Waals surface area contributed by atoms with E-state index in [-0.39, 0.29) is 6.04 Å². The topological polar surface area (TPSA) is 26.0 Å². The maximum atomic E-state index is 5.93. The van der Waals surface area contributed by atoms with Gasteiger partial charge < -0.3 is 5.73 Å². The lowest BCUT2D eigenvalue weighted by Gasteiger charge is -2.12. The molecule has 4 heteroatoms. The van der Waals surface area contributed by atoms with Gasteiger partial charge >= 0.3 is 0 Å². The third-order valence-corrected chi connectivity index (χ3v) is 4.68. The second-order valence-corrected chi connectivity index (χ2v) is 7.44.